The van der Waals surface area contributed by atoms with E-state index >= 15 is 0 Å². The summed E-state index contributed by atoms with van der Waals surface area (Å²) in [5.41, 5.74) is 6.77. The highest BCUT2D eigenvalue weighted by Gasteiger charge is 2.34. The Kier molecular flexibility index (Phi) is 7.52. The molecule has 0 bridgehead atoms. The van der Waals surface area contributed by atoms with Crippen LogP contribution in [0.3, 0.4) is 0 Å². The van der Waals surface area contributed by atoms with Gasteiger partial charge < -0.3 is 16.0 Å². The lowest BCUT2D eigenvalue weighted by Gasteiger charge is -2.22. The summed E-state index contributed by atoms with van der Waals surface area (Å²) in [5.74, 6) is 0.0457. The van der Waals surface area contributed by atoms with E-state index in [1.54, 1.807) is 0 Å². The largest absolute Gasteiger partial charge is 0.355 e. The molecule has 0 aromatic heterocycles. The number of nitrogens with two attached hydrogens (primary N) is 1. The van der Waals surface area contributed by atoms with Crippen molar-refractivity contribution in [2.75, 3.05) is 26.2 Å². The molecule has 1 aromatic rings. The van der Waals surface area contributed by atoms with Crippen molar-refractivity contribution in [2.45, 2.75) is 26.2 Å². The van der Waals surface area contributed by atoms with E-state index in [0.29, 0.717) is 25.9 Å². The van der Waals surface area contributed by atoms with Gasteiger partial charge in [0, 0.05) is 26.1 Å². The third kappa shape index (κ3) is 5.84. The van der Waals surface area contributed by atoms with Crippen LogP contribution in [-0.4, -0.2) is 42.9 Å². The van der Waals surface area contributed by atoms with Crippen molar-refractivity contribution in [1.82, 2.24) is 10.2 Å². The Hall–Kier alpha value is -1.59. The second kappa shape index (κ2) is 8.89. The Labute approximate surface area is 144 Å². The normalized spacial score (nSPS) is 20.0. The maximum Gasteiger partial charge on any atom is 0.224 e. The SMILES string of the molecule is CC1(CN)CCN(C(=O)CCNC(=O)Cc2ccccc2)C1.Cl. The molecule has 0 radical (unpaired) electrons. The van der Waals surface area contributed by atoms with Gasteiger partial charge in [-0.2, -0.15) is 0 Å². The van der Waals surface area contributed by atoms with Gasteiger partial charge in [-0.1, -0.05) is 37.3 Å². The van der Waals surface area contributed by atoms with Crippen LogP contribution in [0, 0.1) is 5.41 Å². The average Bonchev–Trinajstić information content (AvgIpc) is 2.91. The summed E-state index contributed by atoms with van der Waals surface area (Å²) in [5, 5.41) is 2.81. The molecule has 5 nitrogen and oxygen atoms in total. The van der Waals surface area contributed by atoms with E-state index in [0.717, 1.165) is 25.1 Å². The standard InChI is InChI=1S/C17H25N3O2.ClH/c1-17(12-18)8-10-20(13-17)16(22)7-9-19-15(21)11-14-5-3-2-4-6-14;/h2-6H,7-13,18H2,1H3,(H,19,21);1H. The lowest BCUT2D eigenvalue weighted by atomic mass is 9.90. The summed E-state index contributed by atoms with van der Waals surface area (Å²) in [6.07, 6.45) is 1.65. The van der Waals surface area contributed by atoms with Crippen molar-refractivity contribution in [3.63, 3.8) is 0 Å². The van der Waals surface area contributed by atoms with Crippen LogP contribution < -0.4 is 11.1 Å². The molecule has 1 heterocycles. The maximum atomic E-state index is 12.1. The summed E-state index contributed by atoms with van der Waals surface area (Å²) in [6, 6.07) is 9.58. The number of rotatable bonds is 6. The van der Waals surface area contributed by atoms with Crippen LogP contribution in [0.4, 0.5) is 0 Å². The van der Waals surface area contributed by atoms with Crippen molar-refractivity contribution >= 4 is 24.2 Å². The number of carbonyl (C=O) groups is 2. The zero-order valence-electron chi connectivity index (χ0n) is 13.6. The summed E-state index contributed by atoms with van der Waals surface area (Å²) in [6.45, 7) is 4.59. The van der Waals surface area contributed by atoms with Crippen LogP contribution in [0.5, 0.6) is 0 Å². The van der Waals surface area contributed by atoms with E-state index < -0.39 is 0 Å². The third-order valence-electron chi connectivity index (χ3n) is 4.27. The molecule has 0 spiro atoms. The number of hydrogen-bond acceptors (Lipinski definition) is 3. The number of halogens is 1. The Morgan fingerprint density at radius 2 is 2.00 bits per heavy atom. The van der Waals surface area contributed by atoms with E-state index in [4.69, 9.17) is 5.73 Å². The van der Waals surface area contributed by atoms with Gasteiger partial charge in [-0.05, 0) is 23.9 Å². The molecule has 0 aliphatic carbocycles. The van der Waals surface area contributed by atoms with Crippen molar-refractivity contribution < 1.29 is 9.59 Å². The van der Waals surface area contributed by atoms with Gasteiger partial charge in [-0.3, -0.25) is 9.59 Å². The van der Waals surface area contributed by atoms with Crippen LogP contribution >= 0.6 is 12.4 Å². The molecule has 6 heteroatoms. The number of likely N-dealkylation sites (tertiary alicyclic amines) is 1. The fourth-order valence-corrected chi connectivity index (χ4v) is 2.71. The molecular weight excluding hydrogens is 314 g/mol. The molecule has 3 N–H and O–H groups in total. The Morgan fingerprint density at radius 3 is 2.61 bits per heavy atom. The summed E-state index contributed by atoms with van der Waals surface area (Å²) in [4.78, 5) is 25.8. The molecule has 128 valence electrons. The zero-order chi connectivity index (χ0) is 16.0. The molecule has 0 saturated carbocycles. The molecule has 1 fully saturated rings. The van der Waals surface area contributed by atoms with Crippen LogP contribution in [0.2, 0.25) is 0 Å². The first-order valence-electron chi connectivity index (χ1n) is 7.81. The number of nitrogens with zero attached hydrogens (tertiary/aromatic N) is 1. The molecule has 2 rings (SSSR count). The van der Waals surface area contributed by atoms with Crippen LogP contribution in [-0.2, 0) is 16.0 Å². The number of hydrogen-bond donors (Lipinski definition) is 2. The van der Waals surface area contributed by atoms with Gasteiger partial charge in [0.1, 0.15) is 0 Å². The molecule has 2 amide bonds. The molecule has 1 atom stereocenters. The fraction of sp³-hybridized carbons (Fsp3) is 0.529. The van der Waals surface area contributed by atoms with Gasteiger partial charge >= 0.3 is 0 Å². The second-order valence-electron chi connectivity index (χ2n) is 6.34. The van der Waals surface area contributed by atoms with Gasteiger partial charge in [-0.15, -0.1) is 12.4 Å². The zero-order valence-corrected chi connectivity index (χ0v) is 14.4. The quantitative estimate of drug-likeness (QED) is 0.821. The molecule has 1 aliphatic heterocycles. The van der Waals surface area contributed by atoms with Gasteiger partial charge in [0.2, 0.25) is 11.8 Å². The Balaban J connectivity index is 0.00000264. The van der Waals surface area contributed by atoms with Crippen molar-refractivity contribution in [1.29, 1.82) is 0 Å². The molecule has 1 aromatic carbocycles. The van der Waals surface area contributed by atoms with Gasteiger partial charge in [-0.25, -0.2) is 0 Å². The summed E-state index contributed by atoms with van der Waals surface area (Å²) >= 11 is 0. The van der Waals surface area contributed by atoms with E-state index in [9.17, 15) is 9.59 Å². The van der Waals surface area contributed by atoms with Crippen LogP contribution in [0.1, 0.15) is 25.3 Å². The average molecular weight is 340 g/mol. The molecule has 1 aliphatic rings. The van der Waals surface area contributed by atoms with Crippen LogP contribution in [0.25, 0.3) is 0 Å². The smallest absolute Gasteiger partial charge is 0.224 e. The van der Waals surface area contributed by atoms with Gasteiger partial charge in [0.15, 0.2) is 0 Å². The molecule has 23 heavy (non-hydrogen) atoms. The minimum atomic E-state index is -0.0489. The number of benzene rings is 1. The van der Waals surface area contributed by atoms with E-state index in [2.05, 4.69) is 12.2 Å². The molecular formula is C17H26ClN3O2. The highest BCUT2D eigenvalue weighted by Crippen LogP contribution is 2.28. The number of carbonyl (C=O) groups excluding carboxylic acids is 2. The predicted octanol–water partition coefficient (Wildman–Crippen LogP) is 1.35. The Morgan fingerprint density at radius 1 is 1.30 bits per heavy atom. The van der Waals surface area contributed by atoms with Gasteiger partial charge in [0.05, 0.1) is 6.42 Å². The first-order valence-corrected chi connectivity index (χ1v) is 7.81. The fourth-order valence-electron chi connectivity index (χ4n) is 2.71. The number of nitrogens with one attached hydrogen (secondary N) is 1. The van der Waals surface area contributed by atoms with Crippen molar-refractivity contribution in [3.8, 4) is 0 Å². The number of amides is 2. The first-order chi connectivity index (χ1) is 10.5. The highest BCUT2D eigenvalue weighted by atomic mass is 35.5. The highest BCUT2D eigenvalue weighted by molar-refractivity contribution is 5.85. The molecule has 1 unspecified atom stereocenters. The van der Waals surface area contributed by atoms with Gasteiger partial charge in [0.25, 0.3) is 0 Å². The topological polar surface area (TPSA) is 75.4 Å². The van der Waals surface area contributed by atoms with E-state index in [-0.39, 0.29) is 29.6 Å². The minimum absolute atomic E-state index is 0. The molecule has 1 saturated heterocycles. The van der Waals surface area contributed by atoms with E-state index in [1.165, 1.54) is 0 Å². The second-order valence-corrected chi connectivity index (χ2v) is 6.34. The maximum absolute atomic E-state index is 12.1. The third-order valence-corrected chi connectivity index (χ3v) is 4.27. The Bertz CT molecular complexity index is 524. The summed E-state index contributed by atoms with van der Waals surface area (Å²) < 4.78 is 0. The van der Waals surface area contributed by atoms with Crippen molar-refractivity contribution in [3.05, 3.63) is 35.9 Å². The van der Waals surface area contributed by atoms with Crippen molar-refractivity contribution in [2.24, 2.45) is 11.1 Å². The lowest BCUT2D eigenvalue weighted by molar-refractivity contribution is -0.130. The lowest BCUT2D eigenvalue weighted by Crippen LogP contribution is -2.36. The predicted molar refractivity (Wildman–Crippen MR) is 93.4 cm³/mol. The minimum Gasteiger partial charge on any atom is -0.355 e. The first kappa shape index (κ1) is 19.5. The van der Waals surface area contributed by atoms with E-state index in [1.807, 2.05) is 35.2 Å². The monoisotopic (exact) mass is 339 g/mol. The summed E-state index contributed by atoms with van der Waals surface area (Å²) in [7, 11) is 0. The van der Waals surface area contributed by atoms with Crippen LogP contribution in [0.15, 0.2) is 30.3 Å².